The van der Waals surface area contributed by atoms with E-state index in [2.05, 4.69) is 22.1 Å². The molecule has 0 aromatic heterocycles. The van der Waals surface area contributed by atoms with Crippen LogP contribution in [-0.2, 0) is 9.47 Å². The van der Waals surface area contributed by atoms with E-state index < -0.39 is 0 Å². The van der Waals surface area contributed by atoms with Gasteiger partial charge in [0.2, 0.25) is 0 Å². The lowest BCUT2D eigenvalue weighted by atomic mass is 10.1. The molecule has 160 valence electrons. The van der Waals surface area contributed by atoms with Gasteiger partial charge in [-0.3, -0.25) is 4.99 Å². The third-order valence-corrected chi connectivity index (χ3v) is 4.51. The number of halogens is 2. The van der Waals surface area contributed by atoms with Gasteiger partial charge in [0.05, 0.1) is 12.6 Å². The van der Waals surface area contributed by atoms with Crippen molar-refractivity contribution in [2.24, 2.45) is 4.99 Å². The highest BCUT2D eigenvalue weighted by Gasteiger charge is 2.13. The summed E-state index contributed by atoms with van der Waals surface area (Å²) in [5, 5.41) is 4.00. The number of rotatable bonds is 10. The summed E-state index contributed by atoms with van der Waals surface area (Å²) in [5.74, 6) is 1.67. The summed E-state index contributed by atoms with van der Waals surface area (Å²) < 4.78 is 17.0. The quantitative estimate of drug-likeness (QED) is 0.218. The Kier molecular flexibility index (Phi) is 13.6. The van der Waals surface area contributed by atoms with Crippen LogP contribution >= 0.6 is 35.6 Å². The van der Waals surface area contributed by atoms with E-state index in [9.17, 15) is 0 Å². The first-order chi connectivity index (χ1) is 13.2. The van der Waals surface area contributed by atoms with Gasteiger partial charge >= 0.3 is 0 Å². The van der Waals surface area contributed by atoms with Crippen LogP contribution < -0.4 is 10.1 Å². The number of nitrogens with one attached hydrogen (secondary N) is 1. The zero-order valence-corrected chi connectivity index (χ0v) is 19.9. The van der Waals surface area contributed by atoms with E-state index in [0.29, 0.717) is 17.7 Å². The molecule has 0 bridgehead atoms. The van der Waals surface area contributed by atoms with Gasteiger partial charge in [0.1, 0.15) is 12.4 Å². The minimum atomic E-state index is 0. The molecule has 1 aliphatic rings. The average Bonchev–Trinajstić information content (AvgIpc) is 2.67. The Labute approximate surface area is 191 Å². The van der Waals surface area contributed by atoms with Gasteiger partial charge in [-0.15, -0.1) is 24.0 Å². The zero-order valence-electron chi connectivity index (χ0n) is 16.9. The maximum Gasteiger partial charge on any atom is 0.193 e. The zero-order chi connectivity index (χ0) is 19.3. The lowest BCUT2D eigenvalue weighted by molar-refractivity contribution is -0.0318. The van der Waals surface area contributed by atoms with E-state index in [4.69, 9.17) is 25.8 Å². The Morgan fingerprint density at radius 2 is 2.11 bits per heavy atom. The van der Waals surface area contributed by atoms with Crippen molar-refractivity contribution in [3.63, 3.8) is 0 Å². The second-order valence-corrected chi connectivity index (χ2v) is 6.94. The smallest absolute Gasteiger partial charge is 0.193 e. The fraction of sp³-hybridized carbons (Fsp3) is 0.650. The third-order valence-electron chi connectivity index (χ3n) is 4.27. The molecule has 28 heavy (non-hydrogen) atoms. The number of ether oxygens (including phenoxy) is 3. The Morgan fingerprint density at radius 3 is 2.82 bits per heavy atom. The summed E-state index contributed by atoms with van der Waals surface area (Å²) in [7, 11) is 2.02. The molecule has 2 rings (SSSR count). The number of aliphatic imine (C=N–C) groups is 1. The second-order valence-electron chi connectivity index (χ2n) is 6.50. The molecule has 1 fully saturated rings. The van der Waals surface area contributed by atoms with Crippen molar-refractivity contribution in [2.75, 3.05) is 53.1 Å². The molecule has 1 N–H and O–H groups in total. The van der Waals surface area contributed by atoms with Gasteiger partial charge in [-0.05, 0) is 44.4 Å². The van der Waals surface area contributed by atoms with Gasteiger partial charge in [0.15, 0.2) is 5.96 Å². The maximum atomic E-state index is 5.97. The highest BCUT2D eigenvalue weighted by atomic mass is 127. The van der Waals surface area contributed by atoms with Gasteiger partial charge in [-0.25, -0.2) is 0 Å². The summed E-state index contributed by atoms with van der Waals surface area (Å²) in [5.41, 5.74) is 0. The Balaban J connectivity index is 0.00000392. The first-order valence-corrected chi connectivity index (χ1v) is 10.1. The monoisotopic (exact) mass is 525 g/mol. The molecule has 0 spiro atoms. The molecular formula is C20H33ClIN3O3. The summed E-state index contributed by atoms with van der Waals surface area (Å²) in [6.45, 7) is 7.31. The Hall–Kier alpha value is -0.770. The third kappa shape index (κ3) is 10.1. The molecule has 0 radical (unpaired) electrons. The summed E-state index contributed by atoms with van der Waals surface area (Å²) in [6.07, 6.45) is 3.27. The van der Waals surface area contributed by atoms with Crippen molar-refractivity contribution < 1.29 is 14.2 Å². The van der Waals surface area contributed by atoms with Crippen LogP contribution in [0.4, 0.5) is 0 Å². The SMILES string of the molecule is CCNC(=NCCCOC1CCOCC1)N(C)CCOc1cccc(Cl)c1.I. The molecule has 0 unspecified atom stereocenters. The molecule has 1 aromatic rings. The van der Waals surface area contributed by atoms with Crippen molar-refractivity contribution in [2.45, 2.75) is 32.3 Å². The van der Waals surface area contributed by atoms with Crippen LogP contribution in [0, 0.1) is 0 Å². The van der Waals surface area contributed by atoms with Crippen LogP contribution in [0.5, 0.6) is 5.75 Å². The van der Waals surface area contributed by atoms with Crippen LogP contribution in [-0.4, -0.2) is 70.1 Å². The minimum Gasteiger partial charge on any atom is -0.492 e. The number of benzene rings is 1. The highest BCUT2D eigenvalue weighted by molar-refractivity contribution is 14.0. The van der Waals surface area contributed by atoms with Crippen LogP contribution in [0.2, 0.25) is 5.02 Å². The number of nitrogens with zero attached hydrogens (tertiary/aromatic N) is 2. The Bertz CT molecular complexity index is 571. The lowest BCUT2D eigenvalue weighted by Gasteiger charge is -2.23. The van der Waals surface area contributed by atoms with Gasteiger partial charge < -0.3 is 24.4 Å². The first-order valence-electron chi connectivity index (χ1n) is 9.76. The molecule has 1 saturated heterocycles. The average molecular weight is 526 g/mol. The lowest BCUT2D eigenvalue weighted by Crippen LogP contribution is -2.41. The molecule has 0 amide bonds. The number of likely N-dealkylation sites (N-methyl/N-ethyl adjacent to an activating group) is 1. The molecule has 1 heterocycles. The van der Waals surface area contributed by atoms with Gasteiger partial charge in [0, 0.05) is 45.0 Å². The molecule has 1 aromatic carbocycles. The normalized spacial score (nSPS) is 15.0. The largest absolute Gasteiger partial charge is 0.492 e. The molecule has 0 aliphatic carbocycles. The summed E-state index contributed by atoms with van der Waals surface area (Å²) in [6, 6.07) is 7.44. The predicted octanol–water partition coefficient (Wildman–Crippen LogP) is 3.82. The molecule has 8 heteroatoms. The topological polar surface area (TPSA) is 55.3 Å². The summed E-state index contributed by atoms with van der Waals surface area (Å²) in [4.78, 5) is 6.76. The molecule has 1 aliphatic heterocycles. The standard InChI is InChI=1S/C20H32ClN3O3.HI/c1-3-22-20(23-10-5-12-26-18-8-13-25-14-9-18)24(2)11-15-27-19-7-4-6-17(21)16-19;/h4,6-7,16,18H,3,5,8-15H2,1-2H3,(H,22,23);1H. The van der Waals surface area contributed by atoms with Crippen LogP contribution in [0.3, 0.4) is 0 Å². The van der Waals surface area contributed by atoms with E-state index in [1.165, 1.54) is 0 Å². The summed E-state index contributed by atoms with van der Waals surface area (Å²) >= 11 is 5.97. The van der Waals surface area contributed by atoms with E-state index in [1.54, 1.807) is 0 Å². The fourth-order valence-corrected chi connectivity index (χ4v) is 2.96. The molecular weight excluding hydrogens is 493 g/mol. The molecule has 6 nitrogen and oxygen atoms in total. The first kappa shape index (κ1) is 25.3. The number of guanidine groups is 1. The van der Waals surface area contributed by atoms with E-state index in [0.717, 1.165) is 70.4 Å². The maximum absolute atomic E-state index is 5.97. The van der Waals surface area contributed by atoms with Crippen molar-refractivity contribution in [1.82, 2.24) is 10.2 Å². The van der Waals surface area contributed by atoms with Crippen molar-refractivity contribution in [3.8, 4) is 5.75 Å². The minimum absolute atomic E-state index is 0. The van der Waals surface area contributed by atoms with E-state index in [-0.39, 0.29) is 24.0 Å². The van der Waals surface area contributed by atoms with Crippen LogP contribution in [0.15, 0.2) is 29.3 Å². The van der Waals surface area contributed by atoms with Gasteiger partial charge in [-0.1, -0.05) is 17.7 Å². The van der Waals surface area contributed by atoms with Crippen molar-refractivity contribution in [3.05, 3.63) is 29.3 Å². The van der Waals surface area contributed by atoms with Gasteiger partial charge in [0.25, 0.3) is 0 Å². The van der Waals surface area contributed by atoms with Crippen molar-refractivity contribution >= 4 is 41.5 Å². The fourth-order valence-electron chi connectivity index (χ4n) is 2.77. The molecule has 0 atom stereocenters. The predicted molar refractivity (Wildman–Crippen MR) is 125 cm³/mol. The Morgan fingerprint density at radius 1 is 1.32 bits per heavy atom. The molecule has 0 saturated carbocycles. The van der Waals surface area contributed by atoms with Crippen LogP contribution in [0.25, 0.3) is 0 Å². The second kappa shape index (κ2) is 15.1. The van der Waals surface area contributed by atoms with E-state index >= 15 is 0 Å². The van der Waals surface area contributed by atoms with Crippen molar-refractivity contribution in [1.29, 1.82) is 0 Å². The number of hydrogen-bond donors (Lipinski definition) is 1. The van der Waals surface area contributed by atoms with Gasteiger partial charge in [-0.2, -0.15) is 0 Å². The highest BCUT2D eigenvalue weighted by Crippen LogP contribution is 2.16. The number of hydrogen-bond acceptors (Lipinski definition) is 4. The van der Waals surface area contributed by atoms with E-state index in [1.807, 2.05) is 31.3 Å². The van der Waals surface area contributed by atoms with Crippen LogP contribution in [0.1, 0.15) is 26.2 Å².